The lowest BCUT2D eigenvalue weighted by Crippen LogP contribution is -2.44. The first kappa shape index (κ1) is 23.1. The molecule has 2 heterocycles. The van der Waals surface area contributed by atoms with Crippen LogP contribution in [0.3, 0.4) is 0 Å². The van der Waals surface area contributed by atoms with Gasteiger partial charge in [0.25, 0.3) is 0 Å². The van der Waals surface area contributed by atoms with Crippen molar-refractivity contribution in [2.75, 3.05) is 13.7 Å². The molecule has 2 atom stereocenters. The predicted octanol–water partition coefficient (Wildman–Crippen LogP) is 3.09. The number of carbonyl (C=O) groups excluding carboxylic acids is 2. The Hall–Kier alpha value is -4.02. The number of aryl methyl sites for hydroxylation is 1. The number of hydrogen-bond acceptors (Lipinski definition) is 7. The highest BCUT2D eigenvalue weighted by Gasteiger charge is 2.45. The van der Waals surface area contributed by atoms with Gasteiger partial charge in [-0.1, -0.05) is 30.3 Å². The third kappa shape index (κ3) is 4.98. The van der Waals surface area contributed by atoms with Gasteiger partial charge in [0.05, 0.1) is 13.7 Å². The minimum absolute atomic E-state index is 0.00644. The fourth-order valence-corrected chi connectivity index (χ4v) is 3.85. The first-order valence-electron chi connectivity index (χ1n) is 10.4. The van der Waals surface area contributed by atoms with E-state index in [1.807, 2.05) is 6.07 Å². The van der Waals surface area contributed by atoms with Crippen LogP contribution in [0.4, 0.5) is 13.6 Å². The summed E-state index contributed by atoms with van der Waals surface area (Å²) in [4.78, 5) is 26.9. The molecule has 1 N–H and O–H groups in total. The van der Waals surface area contributed by atoms with Crippen LogP contribution in [0.25, 0.3) is 0 Å². The zero-order valence-corrected chi connectivity index (χ0v) is 18.5. The lowest BCUT2D eigenvalue weighted by Gasteiger charge is -2.20. The van der Waals surface area contributed by atoms with Crippen molar-refractivity contribution in [1.82, 2.24) is 20.4 Å². The largest absolute Gasteiger partial charge is 0.497 e. The first-order valence-corrected chi connectivity index (χ1v) is 10.4. The summed E-state index contributed by atoms with van der Waals surface area (Å²) in [6, 6.07) is 9.72. The van der Waals surface area contributed by atoms with E-state index in [9.17, 15) is 18.4 Å². The van der Waals surface area contributed by atoms with Gasteiger partial charge in [0.15, 0.2) is 0 Å². The van der Waals surface area contributed by atoms with E-state index in [-0.39, 0.29) is 36.9 Å². The second-order valence-corrected chi connectivity index (χ2v) is 7.73. The summed E-state index contributed by atoms with van der Waals surface area (Å²) < 4.78 is 45.2. The highest BCUT2D eigenvalue weighted by atomic mass is 19.1. The maximum atomic E-state index is 14.9. The second kappa shape index (κ2) is 9.86. The van der Waals surface area contributed by atoms with Crippen LogP contribution in [-0.4, -0.2) is 46.8 Å². The van der Waals surface area contributed by atoms with E-state index in [2.05, 4.69) is 15.5 Å². The minimum Gasteiger partial charge on any atom is -0.497 e. The smallest absolute Gasteiger partial charge is 0.408 e. The number of halogens is 2. The molecule has 11 heteroatoms. The van der Waals surface area contributed by atoms with E-state index in [4.69, 9.17) is 13.9 Å². The SMILES string of the molecule is COc1cc(F)c(C2CN(Cc3nnc(C)o3)C(=O)C2NC(=O)OCc2ccccc2)c(F)c1. The van der Waals surface area contributed by atoms with Gasteiger partial charge in [0, 0.05) is 37.1 Å². The lowest BCUT2D eigenvalue weighted by atomic mass is 9.93. The van der Waals surface area contributed by atoms with Crippen molar-refractivity contribution < 1.29 is 32.3 Å². The van der Waals surface area contributed by atoms with Crippen LogP contribution in [0, 0.1) is 18.6 Å². The van der Waals surface area contributed by atoms with Crippen molar-refractivity contribution >= 4 is 12.0 Å². The number of carbonyl (C=O) groups is 2. The number of likely N-dealkylation sites (tertiary alicyclic amines) is 1. The van der Waals surface area contributed by atoms with Crippen LogP contribution in [0.2, 0.25) is 0 Å². The van der Waals surface area contributed by atoms with E-state index in [1.165, 1.54) is 12.0 Å². The Morgan fingerprint density at radius 3 is 2.53 bits per heavy atom. The van der Waals surface area contributed by atoms with Crippen LogP contribution in [0.15, 0.2) is 46.9 Å². The Morgan fingerprint density at radius 2 is 1.91 bits per heavy atom. The van der Waals surface area contributed by atoms with Gasteiger partial charge < -0.3 is 24.1 Å². The van der Waals surface area contributed by atoms with Gasteiger partial charge >= 0.3 is 6.09 Å². The summed E-state index contributed by atoms with van der Waals surface area (Å²) >= 11 is 0. The molecule has 34 heavy (non-hydrogen) atoms. The molecule has 1 aliphatic rings. The van der Waals surface area contributed by atoms with Gasteiger partial charge in [-0.05, 0) is 5.56 Å². The van der Waals surface area contributed by atoms with Crippen molar-refractivity contribution in [1.29, 1.82) is 0 Å². The number of benzene rings is 2. The molecule has 2 amide bonds. The first-order chi connectivity index (χ1) is 16.4. The maximum Gasteiger partial charge on any atom is 0.408 e. The van der Waals surface area contributed by atoms with Gasteiger partial charge in [0.1, 0.15) is 30.0 Å². The summed E-state index contributed by atoms with van der Waals surface area (Å²) in [6.07, 6.45) is -0.892. The molecule has 178 valence electrons. The van der Waals surface area contributed by atoms with E-state index < -0.39 is 35.6 Å². The number of ether oxygens (including phenoxy) is 2. The topological polar surface area (TPSA) is 107 Å². The van der Waals surface area contributed by atoms with Crippen molar-refractivity contribution in [3.05, 3.63) is 77.0 Å². The van der Waals surface area contributed by atoms with Crippen molar-refractivity contribution in [3.63, 3.8) is 0 Å². The monoisotopic (exact) mass is 472 g/mol. The van der Waals surface area contributed by atoms with Crippen molar-refractivity contribution in [2.45, 2.75) is 32.0 Å². The van der Waals surface area contributed by atoms with Gasteiger partial charge in [-0.25, -0.2) is 13.6 Å². The second-order valence-electron chi connectivity index (χ2n) is 7.73. The average molecular weight is 472 g/mol. The van der Waals surface area contributed by atoms with E-state index >= 15 is 0 Å². The number of alkyl carbamates (subject to hydrolysis) is 1. The standard InChI is InChI=1S/C23H22F2N4O5/c1-13-27-28-19(34-13)11-29-10-16(20-17(24)8-15(32-2)9-18(20)25)21(22(29)30)26-23(31)33-12-14-6-4-3-5-7-14/h3-9,16,21H,10-12H2,1-2H3,(H,26,31). The predicted molar refractivity (Wildman–Crippen MR) is 114 cm³/mol. The molecular formula is C23H22F2N4O5. The Balaban J connectivity index is 1.57. The van der Waals surface area contributed by atoms with Crippen molar-refractivity contribution in [3.8, 4) is 5.75 Å². The number of hydrogen-bond donors (Lipinski definition) is 1. The van der Waals surface area contributed by atoms with Crippen molar-refractivity contribution in [2.24, 2.45) is 0 Å². The summed E-state index contributed by atoms with van der Waals surface area (Å²) in [7, 11) is 1.29. The molecular weight excluding hydrogens is 450 g/mol. The molecule has 2 aromatic carbocycles. The molecule has 0 radical (unpaired) electrons. The molecule has 1 aromatic heterocycles. The zero-order chi connectivity index (χ0) is 24.2. The van der Waals surface area contributed by atoms with Gasteiger partial charge in [-0.3, -0.25) is 4.79 Å². The summed E-state index contributed by atoms with van der Waals surface area (Å²) in [5.41, 5.74) is 0.402. The number of rotatable bonds is 7. The van der Waals surface area contributed by atoms with Crippen LogP contribution in [-0.2, 0) is 22.7 Å². The Morgan fingerprint density at radius 1 is 1.21 bits per heavy atom. The van der Waals surface area contributed by atoms with Crippen LogP contribution >= 0.6 is 0 Å². The number of aromatic nitrogens is 2. The molecule has 2 unspecified atom stereocenters. The van der Waals surface area contributed by atoms with E-state index in [1.54, 1.807) is 31.2 Å². The Labute approximate surface area is 193 Å². The Kier molecular flexibility index (Phi) is 6.71. The van der Waals surface area contributed by atoms with Crippen LogP contribution in [0.5, 0.6) is 5.75 Å². The number of methoxy groups -OCH3 is 1. The summed E-state index contributed by atoms with van der Waals surface area (Å²) in [5.74, 6) is -2.92. The quantitative estimate of drug-likeness (QED) is 0.563. The zero-order valence-electron chi connectivity index (χ0n) is 18.5. The lowest BCUT2D eigenvalue weighted by molar-refractivity contribution is -0.130. The highest BCUT2D eigenvalue weighted by Crippen LogP contribution is 2.35. The molecule has 0 saturated carbocycles. The van der Waals surface area contributed by atoms with Gasteiger partial charge in [-0.2, -0.15) is 0 Å². The molecule has 1 aliphatic heterocycles. The third-order valence-corrected chi connectivity index (χ3v) is 5.44. The number of amides is 2. The van der Waals surface area contributed by atoms with Gasteiger partial charge in [-0.15, -0.1) is 10.2 Å². The molecule has 0 spiro atoms. The maximum absolute atomic E-state index is 14.9. The van der Waals surface area contributed by atoms with Crippen LogP contribution < -0.4 is 10.1 Å². The highest BCUT2D eigenvalue weighted by molar-refractivity contribution is 5.89. The third-order valence-electron chi connectivity index (χ3n) is 5.44. The summed E-state index contributed by atoms with van der Waals surface area (Å²) in [6.45, 7) is 1.39. The molecule has 4 rings (SSSR count). The fraction of sp³-hybridized carbons (Fsp3) is 0.304. The van der Waals surface area contributed by atoms with E-state index in [0.717, 1.165) is 17.7 Å². The molecule has 1 fully saturated rings. The fourth-order valence-electron chi connectivity index (χ4n) is 3.85. The molecule has 0 bridgehead atoms. The summed E-state index contributed by atoms with van der Waals surface area (Å²) in [5, 5.41) is 10.0. The molecule has 3 aromatic rings. The minimum atomic E-state index is -1.27. The van der Waals surface area contributed by atoms with Gasteiger partial charge in [0.2, 0.25) is 17.7 Å². The average Bonchev–Trinajstić information content (AvgIpc) is 3.36. The normalized spacial score (nSPS) is 17.6. The number of nitrogens with one attached hydrogen (secondary N) is 1. The molecule has 0 aliphatic carbocycles. The van der Waals surface area contributed by atoms with Crippen LogP contribution in [0.1, 0.15) is 28.8 Å². The number of nitrogens with zero attached hydrogens (tertiary/aromatic N) is 3. The molecule has 1 saturated heterocycles. The Bertz CT molecular complexity index is 1160. The van der Waals surface area contributed by atoms with E-state index in [0.29, 0.717) is 5.89 Å². The molecule has 9 nitrogen and oxygen atoms in total.